The Morgan fingerprint density at radius 1 is 1.25 bits per heavy atom. The molecular formula is C12H7ClN2O2S3. The second kappa shape index (κ2) is 5.69. The molecular weight excluding hydrogens is 336 g/mol. The van der Waals surface area contributed by atoms with Gasteiger partial charge in [-0.15, -0.1) is 11.3 Å². The van der Waals surface area contributed by atoms with Gasteiger partial charge in [0.2, 0.25) is 0 Å². The Hall–Kier alpha value is -1.15. The van der Waals surface area contributed by atoms with E-state index in [9.17, 15) is 4.79 Å². The first-order chi connectivity index (χ1) is 9.67. The summed E-state index contributed by atoms with van der Waals surface area (Å²) in [6.45, 7) is 0. The predicted molar refractivity (Wildman–Crippen MR) is 82.2 cm³/mol. The van der Waals surface area contributed by atoms with Gasteiger partial charge in [0.15, 0.2) is 18.7 Å². The third kappa shape index (κ3) is 2.67. The molecule has 20 heavy (non-hydrogen) atoms. The molecule has 0 spiro atoms. The lowest BCUT2D eigenvalue weighted by atomic mass is 10.3. The van der Waals surface area contributed by atoms with Crippen molar-refractivity contribution in [2.75, 3.05) is 7.11 Å². The number of carbonyl (C=O) groups excluding carboxylic acids is 1. The molecule has 0 atom stereocenters. The zero-order valence-corrected chi connectivity index (χ0v) is 13.3. The second-order valence-electron chi connectivity index (χ2n) is 3.64. The first-order valence-corrected chi connectivity index (χ1v) is 8.28. The molecule has 3 rings (SSSR count). The Bertz CT molecular complexity index is 751. The molecule has 0 aliphatic rings. The van der Waals surface area contributed by atoms with Crippen molar-refractivity contribution >= 4 is 62.2 Å². The maximum absolute atomic E-state index is 11.5. The average Bonchev–Trinajstić information content (AvgIpc) is 3.01. The van der Waals surface area contributed by atoms with E-state index in [-0.39, 0.29) is 5.15 Å². The van der Waals surface area contributed by atoms with E-state index in [0.29, 0.717) is 9.22 Å². The Kier molecular flexibility index (Phi) is 3.93. The minimum absolute atomic E-state index is 0.172. The van der Waals surface area contributed by atoms with Crippen LogP contribution >= 0.6 is 46.0 Å². The number of hydrogen-bond acceptors (Lipinski definition) is 7. The van der Waals surface area contributed by atoms with Gasteiger partial charge in [0.25, 0.3) is 0 Å². The molecule has 2 aromatic heterocycles. The fourth-order valence-electron chi connectivity index (χ4n) is 1.51. The molecule has 0 N–H and O–H groups in total. The van der Waals surface area contributed by atoms with Crippen molar-refractivity contribution in [2.45, 2.75) is 8.68 Å². The summed E-state index contributed by atoms with van der Waals surface area (Å²) < 4.78 is 7.31. The maximum atomic E-state index is 11.5. The number of para-hydroxylation sites is 1. The van der Waals surface area contributed by atoms with Gasteiger partial charge in [-0.25, -0.2) is 14.8 Å². The van der Waals surface area contributed by atoms with Gasteiger partial charge in [0.05, 0.1) is 17.3 Å². The largest absolute Gasteiger partial charge is 0.465 e. The summed E-state index contributed by atoms with van der Waals surface area (Å²) in [7, 11) is 1.32. The van der Waals surface area contributed by atoms with Gasteiger partial charge in [0, 0.05) is 0 Å². The lowest BCUT2D eigenvalue weighted by Crippen LogP contribution is -1.98. The summed E-state index contributed by atoms with van der Waals surface area (Å²) in [5.41, 5.74) is 0.954. The van der Waals surface area contributed by atoms with E-state index < -0.39 is 5.97 Å². The summed E-state index contributed by atoms with van der Waals surface area (Å²) >= 11 is 10.1. The van der Waals surface area contributed by atoms with Crippen molar-refractivity contribution in [1.82, 2.24) is 9.97 Å². The summed E-state index contributed by atoms with van der Waals surface area (Å²) in [6, 6.07) is 7.91. The molecule has 8 heteroatoms. The lowest BCUT2D eigenvalue weighted by molar-refractivity contribution is 0.0606. The number of aromatic nitrogens is 2. The number of rotatable bonds is 3. The van der Waals surface area contributed by atoms with Crippen LogP contribution in [0, 0.1) is 0 Å². The Morgan fingerprint density at radius 3 is 2.75 bits per heavy atom. The van der Waals surface area contributed by atoms with E-state index in [2.05, 4.69) is 14.7 Å². The van der Waals surface area contributed by atoms with Crippen molar-refractivity contribution in [3.63, 3.8) is 0 Å². The minimum atomic E-state index is -0.469. The van der Waals surface area contributed by atoms with Crippen LogP contribution in [0.4, 0.5) is 0 Å². The normalized spacial score (nSPS) is 10.9. The van der Waals surface area contributed by atoms with E-state index in [1.807, 2.05) is 24.3 Å². The van der Waals surface area contributed by atoms with Crippen molar-refractivity contribution in [2.24, 2.45) is 0 Å². The highest BCUT2D eigenvalue weighted by molar-refractivity contribution is 8.02. The van der Waals surface area contributed by atoms with Gasteiger partial charge in [0.1, 0.15) is 0 Å². The topological polar surface area (TPSA) is 52.1 Å². The van der Waals surface area contributed by atoms with Crippen LogP contribution in [-0.2, 0) is 4.74 Å². The van der Waals surface area contributed by atoms with Gasteiger partial charge < -0.3 is 4.74 Å². The quantitative estimate of drug-likeness (QED) is 0.662. The number of methoxy groups -OCH3 is 1. The molecule has 0 aliphatic carbocycles. The minimum Gasteiger partial charge on any atom is -0.465 e. The number of carbonyl (C=O) groups is 1. The summed E-state index contributed by atoms with van der Waals surface area (Å²) in [4.78, 5) is 20.5. The summed E-state index contributed by atoms with van der Waals surface area (Å²) in [5, 5.41) is 0.172. The fraction of sp³-hybridized carbons (Fsp3) is 0.0833. The van der Waals surface area contributed by atoms with Crippen LogP contribution in [0.5, 0.6) is 0 Å². The first kappa shape index (κ1) is 13.8. The van der Waals surface area contributed by atoms with Crippen LogP contribution in [-0.4, -0.2) is 23.0 Å². The van der Waals surface area contributed by atoms with Crippen LogP contribution in [0.2, 0.25) is 5.15 Å². The highest BCUT2D eigenvalue weighted by Crippen LogP contribution is 2.38. The first-order valence-electron chi connectivity index (χ1n) is 5.45. The SMILES string of the molecule is COC(=O)c1sc(Sc2nc3ccccc3s2)nc1Cl. The molecule has 102 valence electrons. The molecule has 3 aromatic rings. The fourth-order valence-corrected chi connectivity index (χ4v) is 5.11. The molecule has 2 heterocycles. The predicted octanol–water partition coefficient (Wildman–Crippen LogP) is 4.34. The average molecular weight is 343 g/mol. The molecule has 0 radical (unpaired) electrons. The third-order valence-electron chi connectivity index (χ3n) is 2.39. The van der Waals surface area contributed by atoms with E-state index in [0.717, 1.165) is 14.6 Å². The number of benzene rings is 1. The highest BCUT2D eigenvalue weighted by Gasteiger charge is 2.18. The summed E-state index contributed by atoms with van der Waals surface area (Å²) in [5.74, 6) is -0.469. The standard InChI is InChI=1S/C12H7ClN2O2S3/c1-17-10(16)8-9(13)15-12(19-8)20-11-14-6-4-2-3-5-7(6)18-11/h2-5H,1H3. The number of nitrogens with zero attached hydrogens (tertiary/aromatic N) is 2. The van der Waals surface area contributed by atoms with Gasteiger partial charge in [-0.1, -0.05) is 35.1 Å². The number of thiazole rings is 2. The number of hydrogen-bond donors (Lipinski definition) is 0. The van der Waals surface area contributed by atoms with Crippen molar-refractivity contribution in [3.05, 3.63) is 34.3 Å². The Labute approximate surface area is 131 Å². The van der Waals surface area contributed by atoms with E-state index in [1.54, 1.807) is 11.3 Å². The van der Waals surface area contributed by atoms with Crippen molar-refractivity contribution < 1.29 is 9.53 Å². The second-order valence-corrected chi connectivity index (χ2v) is 7.52. The van der Waals surface area contributed by atoms with Crippen LogP contribution in [0.3, 0.4) is 0 Å². The van der Waals surface area contributed by atoms with Crippen LogP contribution in [0.25, 0.3) is 10.2 Å². The monoisotopic (exact) mass is 342 g/mol. The molecule has 0 aliphatic heterocycles. The zero-order chi connectivity index (χ0) is 14.1. The highest BCUT2D eigenvalue weighted by atomic mass is 35.5. The number of fused-ring (bicyclic) bond motifs is 1. The number of esters is 1. The molecule has 0 amide bonds. The van der Waals surface area contributed by atoms with E-state index in [1.165, 1.54) is 30.2 Å². The maximum Gasteiger partial charge on any atom is 0.351 e. The lowest BCUT2D eigenvalue weighted by Gasteiger charge is -1.92. The molecule has 0 saturated heterocycles. The van der Waals surface area contributed by atoms with Crippen LogP contribution in [0.15, 0.2) is 32.9 Å². The number of ether oxygens (including phenoxy) is 1. The molecule has 1 aromatic carbocycles. The molecule has 0 fully saturated rings. The molecule has 0 unspecified atom stereocenters. The third-order valence-corrected chi connectivity index (χ3v) is 5.96. The van der Waals surface area contributed by atoms with E-state index >= 15 is 0 Å². The molecule has 0 bridgehead atoms. The van der Waals surface area contributed by atoms with Gasteiger partial charge in [-0.2, -0.15) is 0 Å². The van der Waals surface area contributed by atoms with E-state index in [4.69, 9.17) is 11.6 Å². The van der Waals surface area contributed by atoms with Crippen molar-refractivity contribution in [3.8, 4) is 0 Å². The summed E-state index contributed by atoms with van der Waals surface area (Å²) in [6.07, 6.45) is 0. The Morgan fingerprint density at radius 2 is 2.00 bits per heavy atom. The van der Waals surface area contributed by atoms with Gasteiger partial charge >= 0.3 is 5.97 Å². The zero-order valence-electron chi connectivity index (χ0n) is 10.1. The van der Waals surface area contributed by atoms with Gasteiger partial charge in [-0.05, 0) is 23.9 Å². The Balaban J connectivity index is 1.89. The number of halogens is 1. The molecule has 0 saturated carbocycles. The van der Waals surface area contributed by atoms with Crippen molar-refractivity contribution in [1.29, 1.82) is 0 Å². The van der Waals surface area contributed by atoms with Crippen LogP contribution < -0.4 is 0 Å². The molecule has 4 nitrogen and oxygen atoms in total. The van der Waals surface area contributed by atoms with Crippen LogP contribution in [0.1, 0.15) is 9.67 Å². The van der Waals surface area contributed by atoms with Gasteiger partial charge in [-0.3, -0.25) is 0 Å². The smallest absolute Gasteiger partial charge is 0.351 e.